The van der Waals surface area contributed by atoms with Gasteiger partial charge in [0.05, 0.1) is 18.8 Å². The fourth-order valence-electron chi connectivity index (χ4n) is 2.31. The predicted molar refractivity (Wildman–Crippen MR) is 94.2 cm³/mol. The first kappa shape index (κ1) is 16.6. The van der Waals surface area contributed by atoms with Crippen molar-refractivity contribution in [3.8, 4) is 0 Å². The summed E-state index contributed by atoms with van der Waals surface area (Å²) < 4.78 is 1.29. The Kier molecular flexibility index (Phi) is 4.99. The molecule has 2 heterocycles. The van der Waals surface area contributed by atoms with Gasteiger partial charge in [-0.3, -0.25) is 14.6 Å². The molecule has 2 aromatic heterocycles. The molecule has 0 aliphatic heterocycles. The van der Waals surface area contributed by atoms with Crippen molar-refractivity contribution in [2.75, 3.05) is 0 Å². The van der Waals surface area contributed by atoms with Crippen LogP contribution in [0.3, 0.4) is 0 Å². The van der Waals surface area contributed by atoms with E-state index in [-0.39, 0.29) is 17.2 Å². The van der Waals surface area contributed by atoms with E-state index in [2.05, 4.69) is 15.4 Å². The van der Waals surface area contributed by atoms with Gasteiger partial charge in [0.25, 0.3) is 11.5 Å². The molecule has 1 N–H and O–H groups in total. The van der Waals surface area contributed by atoms with Gasteiger partial charge in [-0.05, 0) is 30.7 Å². The smallest absolute Gasteiger partial charge is 0.272 e. The van der Waals surface area contributed by atoms with Gasteiger partial charge >= 0.3 is 0 Å². The third-order valence-electron chi connectivity index (χ3n) is 3.71. The van der Waals surface area contributed by atoms with E-state index in [1.54, 1.807) is 6.20 Å². The number of aromatic nitrogens is 3. The minimum Gasteiger partial charge on any atom is -0.345 e. The number of amides is 1. The summed E-state index contributed by atoms with van der Waals surface area (Å²) in [4.78, 5) is 28.4. The summed E-state index contributed by atoms with van der Waals surface area (Å²) in [5.74, 6) is -0.344. The Morgan fingerprint density at radius 1 is 1.08 bits per heavy atom. The summed E-state index contributed by atoms with van der Waals surface area (Å²) in [6.45, 7) is 2.62. The van der Waals surface area contributed by atoms with Crippen molar-refractivity contribution in [1.29, 1.82) is 0 Å². The quantitative estimate of drug-likeness (QED) is 0.773. The standard InChI is InChI=1S/C19H18N4O2/c1-14-5-7-15(8-6-14)13-23-18(24)10-9-17(22-23)19(25)21-12-16-4-2-3-11-20-16/h2-11H,12-13H2,1H3,(H,21,25). The van der Waals surface area contributed by atoms with Gasteiger partial charge in [0.15, 0.2) is 0 Å². The van der Waals surface area contributed by atoms with Crippen molar-refractivity contribution in [2.45, 2.75) is 20.0 Å². The molecular weight excluding hydrogens is 316 g/mol. The van der Waals surface area contributed by atoms with Crippen LogP contribution in [0.25, 0.3) is 0 Å². The first-order valence-electron chi connectivity index (χ1n) is 7.93. The van der Waals surface area contributed by atoms with Crippen LogP contribution < -0.4 is 10.9 Å². The zero-order valence-corrected chi connectivity index (χ0v) is 13.8. The van der Waals surface area contributed by atoms with Gasteiger partial charge < -0.3 is 5.32 Å². The lowest BCUT2D eigenvalue weighted by Crippen LogP contribution is -2.29. The number of hydrogen-bond donors (Lipinski definition) is 1. The lowest BCUT2D eigenvalue weighted by atomic mass is 10.1. The molecule has 1 amide bonds. The summed E-state index contributed by atoms with van der Waals surface area (Å²) in [6.07, 6.45) is 1.67. The molecule has 0 saturated carbocycles. The lowest BCUT2D eigenvalue weighted by Gasteiger charge is -2.08. The third kappa shape index (κ3) is 4.38. The lowest BCUT2D eigenvalue weighted by molar-refractivity contribution is 0.0943. The van der Waals surface area contributed by atoms with Crippen LogP contribution in [0, 0.1) is 6.92 Å². The second-order valence-corrected chi connectivity index (χ2v) is 5.70. The van der Waals surface area contributed by atoms with Crippen LogP contribution in [0.5, 0.6) is 0 Å². The summed E-state index contributed by atoms with van der Waals surface area (Å²) >= 11 is 0. The van der Waals surface area contributed by atoms with Gasteiger partial charge in [-0.1, -0.05) is 35.9 Å². The van der Waals surface area contributed by atoms with Crippen molar-refractivity contribution < 1.29 is 4.79 Å². The van der Waals surface area contributed by atoms with Gasteiger partial charge in [-0.25, -0.2) is 4.68 Å². The van der Waals surface area contributed by atoms with E-state index in [0.29, 0.717) is 13.1 Å². The molecule has 0 fully saturated rings. The van der Waals surface area contributed by atoms with Crippen LogP contribution in [0.1, 0.15) is 27.3 Å². The molecule has 3 rings (SSSR count). The largest absolute Gasteiger partial charge is 0.345 e. The Labute approximate surface area is 145 Å². The van der Waals surface area contributed by atoms with Crippen LogP contribution in [-0.2, 0) is 13.1 Å². The maximum atomic E-state index is 12.3. The molecule has 0 unspecified atom stereocenters. The Balaban J connectivity index is 1.73. The number of rotatable bonds is 5. The van der Waals surface area contributed by atoms with Crippen molar-refractivity contribution in [2.24, 2.45) is 0 Å². The Bertz CT molecular complexity index is 918. The molecule has 25 heavy (non-hydrogen) atoms. The average molecular weight is 334 g/mol. The molecule has 3 aromatic rings. The highest BCUT2D eigenvalue weighted by Gasteiger charge is 2.10. The number of aryl methyl sites for hydroxylation is 1. The van der Waals surface area contributed by atoms with E-state index in [1.807, 2.05) is 49.4 Å². The second-order valence-electron chi connectivity index (χ2n) is 5.70. The molecule has 6 heteroatoms. The topological polar surface area (TPSA) is 76.9 Å². The molecule has 0 aliphatic carbocycles. The SMILES string of the molecule is Cc1ccc(Cn2nc(C(=O)NCc3ccccn3)ccc2=O)cc1. The maximum absolute atomic E-state index is 12.3. The molecule has 0 radical (unpaired) electrons. The fraction of sp³-hybridized carbons (Fsp3) is 0.158. The van der Waals surface area contributed by atoms with Crippen LogP contribution in [0.2, 0.25) is 0 Å². The van der Waals surface area contributed by atoms with Gasteiger partial charge in [0.1, 0.15) is 5.69 Å². The number of benzene rings is 1. The van der Waals surface area contributed by atoms with Crippen molar-refractivity contribution in [3.05, 3.63) is 93.7 Å². The fourth-order valence-corrected chi connectivity index (χ4v) is 2.31. The molecular formula is C19H18N4O2. The molecule has 0 saturated heterocycles. The van der Waals surface area contributed by atoms with Gasteiger partial charge in [0, 0.05) is 12.3 Å². The second kappa shape index (κ2) is 7.53. The van der Waals surface area contributed by atoms with Crippen molar-refractivity contribution in [3.63, 3.8) is 0 Å². The minimum absolute atomic E-state index is 0.197. The highest BCUT2D eigenvalue weighted by atomic mass is 16.2. The maximum Gasteiger partial charge on any atom is 0.272 e. The van der Waals surface area contributed by atoms with E-state index < -0.39 is 0 Å². The average Bonchev–Trinajstić information content (AvgIpc) is 2.64. The summed E-state index contributed by atoms with van der Waals surface area (Å²) in [7, 11) is 0. The van der Waals surface area contributed by atoms with Gasteiger partial charge in [-0.2, -0.15) is 5.10 Å². The highest BCUT2D eigenvalue weighted by Crippen LogP contribution is 2.04. The minimum atomic E-state index is -0.344. The molecule has 0 aliphatic rings. The van der Waals surface area contributed by atoms with Gasteiger partial charge in [0.2, 0.25) is 0 Å². The number of carbonyl (C=O) groups is 1. The molecule has 1 aromatic carbocycles. The number of nitrogens with one attached hydrogen (secondary N) is 1. The predicted octanol–water partition coefficient (Wildman–Crippen LogP) is 1.93. The Morgan fingerprint density at radius 3 is 2.60 bits per heavy atom. The molecule has 126 valence electrons. The van der Waals surface area contributed by atoms with E-state index >= 15 is 0 Å². The zero-order chi connectivity index (χ0) is 17.6. The van der Waals surface area contributed by atoms with Crippen molar-refractivity contribution in [1.82, 2.24) is 20.1 Å². The van der Waals surface area contributed by atoms with E-state index in [0.717, 1.165) is 16.8 Å². The first-order valence-corrected chi connectivity index (χ1v) is 7.93. The van der Waals surface area contributed by atoms with Crippen molar-refractivity contribution >= 4 is 5.91 Å². The van der Waals surface area contributed by atoms with Crippen LogP contribution in [-0.4, -0.2) is 20.7 Å². The molecule has 0 atom stereocenters. The normalized spacial score (nSPS) is 10.4. The van der Waals surface area contributed by atoms with E-state index in [4.69, 9.17) is 0 Å². The monoisotopic (exact) mass is 334 g/mol. The first-order chi connectivity index (χ1) is 12.1. The number of hydrogen-bond acceptors (Lipinski definition) is 4. The van der Waals surface area contributed by atoms with Crippen LogP contribution in [0.15, 0.2) is 65.6 Å². The Morgan fingerprint density at radius 2 is 1.88 bits per heavy atom. The third-order valence-corrected chi connectivity index (χ3v) is 3.71. The van der Waals surface area contributed by atoms with Crippen LogP contribution in [0.4, 0.5) is 0 Å². The van der Waals surface area contributed by atoms with Gasteiger partial charge in [-0.15, -0.1) is 0 Å². The molecule has 0 bridgehead atoms. The number of pyridine rings is 1. The molecule has 6 nitrogen and oxygen atoms in total. The van der Waals surface area contributed by atoms with E-state index in [1.165, 1.54) is 16.8 Å². The summed E-state index contributed by atoms with van der Waals surface area (Å²) in [6, 6.07) is 16.1. The number of carbonyl (C=O) groups excluding carboxylic acids is 1. The zero-order valence-electron chi connectivity index (χ0n) is 13.8. The molecule has 0 spiro atoms. The van der Waals surface area contributed by atoms with E-state index in [9.17, 15) is 9.59 Å². The van der Waals surface area contributed by atoms with Crippen LogP contribution >= 0.6 is 0 Å². The summed E-state index contributed by atoms with van der Waals surface area (Å²) in [5.41, 5.74) is 2.80. The number of nitrogens with zero attached hydrogens (tertiary/aromatic N) is 3. The Hall–Kier alpha value is -3.28. The highest BCUT2D eigenvalue weighted by molar-refractivity contribution is 5.91. The summed E-state index contributed by atoms with van der Waals surface area (Å²) in [5, 5.41) is 6.93.